The highest BCUT2D eigenvalue weighted by atomic mass is 15.1. The predicted octanol–water partition coefficient (Wildman–Crippen LogP) is 4.69. The van der Waals surface area contributed by atoms with E-state index in [9.17, 15) is 0 Å². The first-order chi connectivity index (χ1) is 10.3. The van der Waals surface area contributed by atoms with Gasteiger partial charge in [-0.3, -0.25) is 5.10 Å². The molecule has 3 rings (SSSR count). The zero-order valence-corrected chi connectivity index (χ0v) is 12.6. The van der Waals surface area contributed by atoms with Gasteiger partial charge < -0.3 is 5.32 Å². The highest BCUT2D eigenvalue weighted by Crippen LogP contribution is 2.27. The van der Waals surface area contributed by atoms with Crippen LogP contribution in [0.3, 0.4) is 0 Å². The monoisotopic (exact) mass is 279 g/mol. The number of aromatic nitrogens is 2. The molecule has 0 saturated carbocycles. The van der Waals surface area contributed by atoms with Gasteiger partial charge in [0, 0.05) is 5.39 Å². The van der Waals surface area contributed by atoms with Crippen LogP contribution >= 0.6 is 0 Å². The van der Waals surface area contributed by atoms with Gasteiger partial charge in [-0.05, 0) is 30.0 Å². The second kappa shape index (κ2) is 6.00. The number of hydrogen-bond donors (Lipinski definition) is 2. The number of nitrogens with one attached hydrogen (secondary N) is 2. The Morgan fingerprint density at radius 2 is 1.90 bits per heavy atom. The van der Waals surface area contributed by atoms with Crippen molar-refractivity contribution in [1.29, 1.82) is 0 Å². The van der Waals surface area contributed by atoms with Crippen LogP contribution in [0.2, 0.25) is 0 Å². The van der Waals surface area contributed by atoms with Gasteiger partial charge in [-0.25, -0.2) is 0 Å². The van der Waals surface area contributed by atoms with Crippen molar-refractivity contribution in [2.75, 3.05) is 5.32 Å². The molecule has 0 aliphatic rings. The Hall–Kier alpha value is -2.29. The molecule has 3 heteroatoms. The van der Waals surface area contributed by atoms with E-state index in [1.54, 1.807) is 0 Å². The molecule has 2 N–H and O–H groups in total. The van der Waals surface area contributed by atoms with Crippen molar-refractivity contribution in [3.8, 4) is 0 Å². The van der Waals surface area contributed by atoms with Crippen LogP contribution < -0.4 is 5.32 Å². The third-order valence-electron chi connectivity index (χ3n) is 4.00. The van der Waals surface area contributed by atoms with Crippen LogP contribution in [0.4, 0.5) is 5.69 Å². The molecule has 1 heterocycles. The van der Waals surface area contributed by atoms with Crippen molar-refractivity contribution in [3.63, 3.8) is 0 Å². The molecule has 0 aliphatic heterocycles. The van der Waals surface area contributed by atoms with Crippen LogP contribution in [-0.4, -0.2) is 10.2 Å². The van der Waals surface area contributed by atoms with Crippen molar-refractivity contribution in [2.45, 2.75) is 32.7 Å². The number of rotatable bonds is 5. The minimum atomic E-state index is 0.310. The van der Waals surface area contributed by atoms with Crippen LogP contribution in [0.25, 0.3) is 10.9 Å². The molecule has 0 spiro atoms. The predicted molar refractivity (Wildman–Crippen MR) is 88.6 cm³/mol. The number of para-hydroxylation sites is 1. The lowest BCUT2D eigenvalue weighted by Gasteiger charge is -2.19. The molecular formula is C18H21N3. The van der Waals surface area contributed by atoms with Crippen molar-refractivity contribution in [2.24, 2.45) is 0 Å². The van der Waals surface area contributed by atoms with Gasteiger partial charge in [0.05, 0.1) is 23.4 Å². The number of nitrogens with zero attached hydrogens (tertiary/aromatic N) is 1. The number of anilines is 1. The van der Waals surface area contributed by atoms with E-state index in [4.69, 9.17) is 0 Å². The number of hydrogen-bond acceptors (Lipinski definition) is 2. The van der Waals surface area contributed by atoms with Gasteiger partial charge in [-0.15, -0.1) is 0 Å². The van der Waals surface area contributed by atoms with E-state index in [0.29, 0.717) is 6.04 Å². The lowest BCUT2D eigenvalue weighted by atomic mass is 10.0. The summed E-state index contributed by atoms with van der Waals surface area (Å²) in [4.78, 5) is 0. The molecular weight excluding hydrogens is 258 g/mol. The lowest BCUT2D eigenvalue weighted by Crippen LogP contribution is -2.10. The van der Waals surface area contributed by atoms with E-state index in [2.05, 4.69) is 71.8 Å². The highest BCUT2D eigenvalue weighted by Gasteiger charge is 2.11. The SMILES string of the molecule is CCc1ccc(C(CC)Nc2cccc3cn[nH]c23)cc1. The Bertz CT molecular complexity index is 713. The summed E-state index contributed by atoms with van der Waals surface area (Å²) in [5.41, 5.74) is 4.88. The molecule has 0 radical (unpaired) electrons. The Morgan fingerprint density at radius 3 is 2.62 bits per heavy atom. The molecule has 3 nitrogen and oxygen atoms in total. The standard InChI is InChI=1S/C18H21N3/c1-3-13-8-10-14(11-9-13)16(4-2)20-17-7-5-6-15-12-19-21-18(15)17/h5-12,16,20H,3-4H2,1-2H3,(H,19,21). The molecule has 3 aromatic rings. The first kappa shape index (κ1) is 13.7. The maximum atomic E-state index is 4.13. The number of benzene rings is 2. The third kappa shape index (κ3) is 2.77. The van der Waals surface area contributed by atoms with E-state index in [-0.39, 0.29) is 0 Å². The number of aryl methyl sites for hydroxylation is 1. The molecule has 1 aromatic heterocycles. The van der Waals surface area contributed by atoms with Gasteiger partial charge in [0.15, 0.2) is 0 Å². The van der Waals surface area contributed by atoms with Crippen LogP contribution in [0.5, 0.6) is 0 Å². The average molecular weight is 279 g/mol. The summed E-state index contributed by atoms with van der Waals surface area (Å²) in [6.07, 6.45) is 3.98. The Labute approximate surface area is 125 Å². The summed E-state index contributed by atoms with van der Waals surface area (Å²) in [6, 6.07) is 15.4. The molecule has 0 bridgehead atoms. The molecule has 2 aromatic carbocycles. The van der Waals surface area contributed by atoms with Crippen molar-refractivity contribution in [3.05, 3.63) is 59.8 Å². The van der Waals surface area contributed by atoms with Crippen molar-refractivity contribution in [1.82, 2.24) is 10.2 Å². The Morgan fingerprint density at radius 1 is 1.10 bits per heavy atom. The third-order valence-corrected chi connectivity index (χ3v) is 4.00. The van der Waals surface area contributed by atoms with Crippen LogP contribution in [0, 0.1) is 0 Å². The fraction of sp³-hybridized carbons (Fsp3) is 0.278. The summed E-state index contributed by atoms with van der Waals surface area (Å²) in [7, 11) is 0. The average Bonchev–Trinajstić information content (AvgIpc) is 3.02. The maximum absolute atomic E-state index is 4.13. The van der Waals surface area contributed by atoms with Gasteiger partial charge in [0.25, 0.3) is 0 Å². The van der Waals surface area contributed by atoms with Crippen molar-refractivity contribution < 1.29 is 0 Å². The van der Waals surface area contributed by atoms with E-state index < -0.39 is 0 Å². The van der Waals surface area contributed by atoms with Crippen LogP contribution in [0.15, 0.2) is 48.7 Å². The van der Waals surface area contributed by atoms with E-state index in [0.717, 1.165) is 29.4 Å². The maximum Gasteiger partial charge on any atom is 0.0881 e. The number of aromatic amines is 1. The largest absolute Gasteiger partial charge is 0.377 e. The molecule has 0 fully saturated rings. The number of fused-ring (bicyclic) bond motifs is 1. The normalized spacial score (nSPS) is 12.5. The minimum Gasteiger partial charge on any atom is -0.377 e. The van der Waals surface area contributed by atoms with Gasteiger partial charge >= 0.3 is 0 Å². The van der Waals surface area contributed by atoms with Gasteiger partial charge in [-0.2, -0.15) is 5.10 Å². The second-order valence-electron chi connectivity index (χ2n) is 5.34. The zero-order chi connectivity index (χ0) is 14.7. The molecule has 1 unspecified atom stereocenters. The summed E-state index contributed by atoms with van der Waals surface area (Å²) in [5, 5.41) is 12.0. The summed E-state index contributed by atoms with van der Waals surface area (Å²) >= 11 is 0. The minimum absolute atomic E-state index is 0.310. The fourth-order valence-electron chi connectivity index (χ4n) is 2.68. The van der Waals surface area contributed by atoms with Gasteiger partial charge in [-0.1, -0.05) is 50.2 Å². The first-order valence-electron chi connectivity index (χ1n) is 7.59. The molecule has 0 saturated heterocycles. The molecule has 108 valence electrons. The molecule has 0 amide bonds. The zero-order valence-electron chi connectivity index (χ0n) is 12.6. The summed E-state index contributed by atoms with van der Waals surface area (Å²) in [6.45, 7) is 4.39. The first-order valence-corrected chi connectivity index (χ1v) is 7.59. The Kier molecular flexibility index (Phi) is 3.91. The van der Waals surface area contributed by atoms with E-state index >= 15 is 0 Å². The number of H-pyrrole nitrogens is 1. The van der Waals surface area contributed by atoms with Crippen molar-refractivity contribution >= 4 is 16.6 Å². The molecule has 21 heavy (non-hydrogen) atoms. The lowest BCUT2D eigenvalue weighted by molar-refractivity contribution is 0.749. The molecule has 1 atom stereocenters. The van der Waals surface area contributed by atoms with E-state index in [1.807, 2.05) is 6.20 Å². The van der Waals surface area contributed by atoms with Gasteiger partial charge in [0.2, 0.25) is 0 Å². The Balaban J connectivity index is 1.88. The fourth-order valence-corrected chi connectivity index (χ4v) is 2.68. The molecule has 0 aliphatic carbocycles. The van der Waals surface area contributed by atoms with Gasteiger partial charge in [0.1, 0.15) is 0 Å². The summed E-state index contributed by atoms with van der Waals surface area (Å²) < 4.78 is 0. The highest BCUT2D eigenvalue weighted by molar-refractivity contribution is 5.90. The smallest absolute Gasteiger partial charge is 0.0881 e. The quantitative estimate of drug-likeness (QED) is 0.711. The summed E-state index contributed by atoms with van der Waals surface area (Å²) in [5.74, 6) is 0. The van der Waals surface area contributed by atoms with Crippen LogP contribution in [-0.2, 0) is 6.42 Å². The van der Waals surface area contributed by atoms with E-state index in [1.165, 1.54) is 11.1 Å². The van der Waals surface area contributed by atoms with Crippen LogP contribution in [0.1, 0.15) is 37.4 Å². The topological polar surface area (TPSA) is 40.7 Å². The second-order valence-corrected chi connectivity index (χ2v) is 5.34.